The minimum atomic E-state index is 0.155. The molecule has 0 unspecified atom stereocenters. The first-order valence-corrected chi connectivity index (χ1v) is 6.93. The molecule has 4 nitrogen and oxygen atoms in total. The van der Waals surface area contributed by atoms with Crippen molar-refractivity contribution >= 4 is 5.91 Å². The third-order valence-electron chi connectivity index (χ3n) is 3.59. The molecule has 1 aromatic rings. The van der Waals surface area contributed by atoms with Crippen LogP contribution in [0.4, 0.5) is 0 Å². The summed E-state index contributed by atoms with van der Waals surface area (Å²) >= 11 is 0. The highest BCUT2D eigenvalue weighted by molar-refractivity contribution is 5.73. The molecule has 0 aliphatic carbocycles. The predicted octanol–water partition coefficient (Wildman–Crippen LogP) is 2.59. The van der Waals surface area contributed by atoms with Crippen LogP contribution in [0.3, 0.4) is 0 Å². The molecule has 0 atom stereocenters. The molecule has 0 spiro atoms. The van der Waals surface area contributed by atoms with Crippen molar-refractivity contribution in [2.45, 2.75) is 45.6 Å². The van der Waals surface area contributed by atoms with E-state index in [0.29, 0.717) is 5.92 Å². The van der Waals surface area contributed by atoms with Gasteiger partial charge in [0.2, 0.25) is 5.91 Å². The van der Waals surface area contributed by atoms with Crippen molar-refractivity contribution in [3.8, 4) is 5.75 Å². The second-order valence-corrected chi connectivity index (χ2v) is 5.43. The molecule has 1 aliphatic rings. The number of pyridine rings is 1. The number of amides is 1. The van der Waals surface area contributed by atoms with E-state index in [4.69, 9.17) is 4.74 Å². The molecule has 2 rings (SSSR count). The number of ether oxygens (including phenoxy) is 1. The lowest BCUT2D eigenvalue weighted by Crippen LogP contribution is -2.40. The van der Waals surface area contributed by atoms with Crippen molar-refractivity contribution in [2.24, 2.45) is 0 Å². The maximum atomic E-state index is 11.3. The summed E-state index contributed by atoms with van der Waals surface area (Å²) in [5.41, 5.74) is 1.19. The van der Waals surface area contributed by atoms with Gasteiger partial charge in [-0.25, -0.2) is 0 Å². The van der Waals surface area contributed by atoms with E-state index >= 15 is 0 Å². The largest absolute Gasteiger partial charge is 0.489 e. The van der Waals surface area contributed by atoms with Gasteiger partial charge in [-0.15, -0.1) is 0 Å². The van der Waals surface area contributed by atoms with Crippen LogP contribution in [-0.4, -0.2) is 35.0 Å². The van der Waals surface area contributed by atoms with E-state index in [0.717, 1.165) is 31.7 Å². The third-order valence-corrected chi connectivity index (χ3v) is 3.59. The van der Waals surface area contributed by atoms with Gasteiger partial charge in [-0.2, -0.15) is 0 Å². The minimum Gasteiger partial charge on any atom is -0.489 e. The topological polar surface area (TPSA) is 42.4 Å². The SMILES string of the molecule is CC(=O)N1CCC(Oc2cncc(C(C)C)c2)CC1. The summed E-state index contributed by atoms with van der Waals surface area (Å²) in [6, 6.07) is 2.06. The van der Waals surface area contributed by atoms with Crippen LogP contribution in [0.5, 0.6) is 5.75 Å². The number of hydrogen-bond donors (Lipinski definition) is 0. The minimum absolute atomic E-state index is 0.155. The molecule has 2 heterocycles. The van der Waals surface area contributed by atoms with Gasteiger partial charge in [0, 0.05) is 39.1 Å². The van der Waals surface area contributed by atoms with Crippen molar-refractivity contribution in [2.75, 3.05) is 13.1 Å². The molecule has 0 N–H and O–H groups in total. The molecule has 104 valence electrons. The number of aromatic nitrogens is 1. The van der Waals surface area contributed by atoms with Crippen LogP contribution in [0, 0.1) is 0 Å². The molecule has 0 saturated carbocycles. The number of carbonyl (C=O) groups is 1. The molecular formula is C15H22N2O2. The molecule has 1 aliphatic heterocycles. The smallest absolute Gasteiger partial charge is 0.219 e. The van der Waals surface area contributed by atoms with Crippen molar-refractivity contribution in [1.82, 2.24) is 9.88 Å². The Labute approximate surface area is 114 Å². The number of rotatable bonds is 3. The van der Waals surface area contributed by atoms with E-state index in [9.17, 15) is 4.79 Å². The third kappa shape index (κ3) is 3.69. The van der Waals surface area contributed by atoms with Crippen molar-refractivity contribution < 1.29 is 9.53 Å². The lowest BCUT2D eigenvalue weighted by Gasteiger charge is -2.31. The molecule has 4 heteroatoms. The Morgan fingerprint density at radius 2 is 2.05 bits per heavy atom. The number of nitrogens with zero attached hydrogens (tertiary/aromatic N) is 2. The van der Waals surface area contributed by atoms with Gasteiger partial charge < -0.3 is 9.64 Å². The number of likely N-dealkylation sites (tertiary alicyclic amines) is 1. The Morgan fingerprint density at radius 1 is 1.37 bits per heavy atom. The van der Waals surface area contributed by atoms with E-state index in [1.165, 1.54) is 5.56 Å². The van der Waals surface area contributed by atoms with Crippen LogP contribution >= 0.6 is 0 Å². The standard InChI is InChI=1S/C15H22N2O2/c1-11(2)13-8-15(10-16-9-13)19-14-4-6-17(7-5-14)12(3)18/h8-11,14H,4-7H2,1-3H3. The maximum Gasteiger partial charge on any atom is 0.219 e. The normalized spacial score (nSPS) is 16.7. The van der Waals surface area contributed by atoms with E-state index in [1.54, 1.807) is 13.1 Å². The van der Waals surface area contributed by atoms with Crippen LogP contribution in [0.25, 0.3) is 0 Å². The van der Waals surface area contributed by atoms with Crippen LogP contribution in [0.15, 0.2) is 18.5 Å². The highest BCUT2D eigenvalue weighted by atomic mass is 16.5. The zero-order valence-electron chi connectivity index (χ0n) is 11.9. The van der Waals surface area contributed by atoms with Crippen molar-refractivity contribution in [3.63, 3.8) is 0 Å². The summed E-state index contributed by atoms with van der Waals surface area (Å²) in [5, 5.41) is 0. The average Bonchev–Trinajstić information content (AvgIpc) is 2.39. The van der Waals surface area contributed by atoms with E-state index in [2.05, 4.69) is 24.9 Å². The molecule has 1 aromatic heterocycles. The molecule has 0 radical (unpaired) electrons. The monoisotopic (exact) mass is 262 g/mol. The van der Waals surface area contributed by atoms with Crippen molar-refractivity contribution in [3.05, 3.63) is 24.0 Å². The maximum absolute atomic E-state index is 11.3. The fourth-order valence-corrected chi connectivity index (χ4v) is 2.30. The first-order chi connectivity index (χ1) is 9.06. The van der Waals surface area contributed by atoms with Gasteiger partial charge in [-0.3, -0.25) is 9.78 Å². The highest BCUT2D eigenvalue weighted by Gasteiger charge is 2.22. The second kappa shape index (κ2) is 6.04. The Kier molecular flexibility index (Phi) is 4.40. The molecule has 19 heavy (non-hydrogen) atoms. The Bertz CT molecular complexity index is 438. The fourth-order valence-electron chi connectivity index (χ4n) is 2.30. The van der Waals surface area contributed by atoms with Gasteiger partial charge in [0.15, 0.2) is 0 Å². The summed E-state index contributed by atoms with van der Waals surface area (Å²) in [4.78, 5) is 17.4. The Balaban J connectivity index is 1.92. The summed E-state index contributed by atoms with van der Waals surface area (Å²) < 4.78 is 5.97. The van der Waals surface area contributed by atoms with E-state index in [-0.39, 0.29) is 12.0 Å². The van der Waals surface area contributed by atoms with Gasteiger partial charge in [0.05, 0.1) is 6.20 Å². The quantitative estimate of drug-likeness (QED) is 0.841. The van der Waals surface area contributed by atoms with Crippen LogP contribution in [0.1, 0.15) is 45.1 Å². The van der Waals surface area contributed by atoms with Gasteiger partial charge in [0.25, 0.3) is 0 Å². The highest BCUT2D eigenvalue weighted by Crippen LogP contribution is 2.22. The lowest BCUT2D eigenvalue weighted by molar-refractivity contribution is -0.130. The van der Waals surface area contributed by atoms with Crippen LogP contribution in [-0.2, 0) is 4.79 Å². The summed E-state index contributed by atoms with van der Waals surface area (Å²) in [5.74, 6) is 1.45. The fraction of sp³-hybridized carbons (Fsp3) is 0.600. The zero-order valence-corrected chi connectivity index (χ0v) is 11.9. The molecule has 1 fully saturated rings. The van der Waals surface area contributed by atoms with Crippen LogP contribution in [0.2, 0.25) is 0 Å². The Hall–Kier alpha value is -1.58. The number of hydrogen-bond acceptors (Lipinski definition) is 3. The molecule has 1 amide bonds. The summed E-state index contributed by atoms with van der Waals surface area (Å²) in [6.07, 6.45) is 5.63. The summed E-state index contributed by atoms with van der Waals surface area (Å²) in [6.45, 7) is 7.49. The molecule has 1 saturated heterocycles. The second-order valence-electron chi connectivity index (χ2n) is 5.43. The van der Waals surface area contributed by atoms with E-state index in [1.807, 2.05) is 11.1 Å². The van der Waals surface area contributed by atoms with Gasteiger partial charge in [-0.1, -0.05) is 13.8 Å². The zero-order chi connectivity index (χ0) is 13.8. The molecule has 0 aromatic carbocycles. The van der Waals surface area contributed by atoms with Crippen LogP contribution < -0.4 is 4.74 Å². The molecular weight excluding hydrogens is 240 g/mol. The summed E-state index contributed by atoms with van der Waals surface area (Å²) in [7, 11) is 0. The lowest BCUT2D eigenvalue weighted by atomic mass is 10.1. The first kappa shape index (κ1) is 13.8. The average molecular weight is 262 g/mol. The van der Waals surface area contributed by atoms with Gasteiger partial charge >= 0.3 is 0 Å². The number of piperidine rings is 1. The van der Waals surface area contributed by atoms with E-state index < -0.39 is 0 Å². The Morgan fingerprint density at radius 3 is 2.63 bits per heavy atom. The first-order valence-electron chi connectivity index (χ1n) is 6.93. The van der Waals surface area contributed by atoms with Gasteiger partial charge in [0.1, 0.15) is 11.9 Å². The predicted molar refractivity (Wildman–Crippen MR) is 74.2 cm³/mol. The molecule has 0 bridgehead atoms. The van der Waals surface area contributed by atoms with Gasteiger partial charge in [-0.05, 0) is 17.5 Å². The van der Waals surface area contributed by atoms with Crippen molar-refractivity contribution in [1.29, 1.82) is 0 Å². The number of carbonyl (C=O) groups excluding carboxylic acids is 1.